The van der Waals surface area contributed by atoms with Crippen molar-refractivity contribution in [2.45, 2.75) is 26.2 Å². The maximum absolute atomic E-state index is 11.5. The van der Waals surface area contributed by atoms with Gasteiger partial charge in [0.15, 0.2) is 0 Å². The van der Waals surface area contributed by atoms with E-state index < -0.39 is 0 Å². The minimum absolute atomic E-state index is 0.0379. The molecule has 0 fully saturated rings. The van der Waals surface area contributed by atoms with Gasteiger partial charge in [-0.05, 0) is 25.0 Å². The minimum atomic E-state index is -0.0806. The van der Waals surface area contributed by atoms with Gasteiger partial charge in [-0.25, -0.2) is 0 Å². The molecule has 2 aromatic rings. The maximum atomic E-state index is 11.5. The second-order valence-electron chi connectivity index (χ2n) is 4.56. The van der Waals surface area contributed by atoms with Crippen molar-refractivity contribution >= 4 is 22.7 Å². The summed E-state index contributed by atoms with van der Waals surface area (Å²) in [5, 5.41) is 3.89. The van der Waals surface area contributed by atoms with Crippen molar-refractivity contribution < 1.29 is 14.0 Å². The Kier molecular flexibility index (Phi) is 4.34. The molecule has 0 saturated heterocycles. The molecule has 0 aliphatic carbocycles. The van der Waals surface area contributed by atoms with Gasteiger partial charge in [0, 0.05) is 24.8 Å². The van der Waals surface area contributed by atoms with Crippen LogP contribution in [-0.2, 0) is 16.0 Å². The number of furan rings is 1. The molecule has 100 valence electrons. The quantitative estimate of drug-likeness (QED) is 0.866. The number of nitrogens with one attached hydrogen (secondary N) is 1. The Bertz CT molecular complexity index is 586. The number of para-hydroxylation sites is 1. The molecule has 1 N–H and O–H groups in total. The SMILES string of the molecule is CC(=O)CCC(=O)NCCc1coc2ccccc12. The fraction of sp³-hybridized carbons (Fsp3) is 0.333. The summed E-state index contributed by atoms with van der Waals surface area (Å²) in [6.07, 6.45) is 3.02. The Morgan fingerprint density at radius 1 is 1.21 bits per heavy atom. The molecular formula is C15H17NO3. The van der Waals surface area contributed by atoms with Gasteiger partial charge in [0.25, 0.3) is 0 Å². The van der Waals surface area contributed by atoms with Gasteiger partial charge in [-0.15, -0.1) is 0 Å². The highest BCUT2D eigenvalue weighted by atomic mass is 16.3. The lowest BCUT2D eigenvalue weighted by molar-refractivity contribution is -0.124. The van der Waals surface area contributed by atoms with Crippen LogP contribution in [0.4, 0.5) is 0 Å². The maximum Gasteiger partial charge on any atom is 0.220 e. The minimum Gasteiger partial charge on any atom is -0.464 e. The zero-order chi connectivity index (χ0) is 13.7. The highest BCUT2D eigenvalue weighted by molar-refractivity contribution is 5.83. The molecule has 4 nitrogen and oxygen atoms in total. The molecule has 19 heavy (non-hydrogen) atoms. The number of benzene rings is 1. The number of hydrogen-bond acceptors (Lipinski definition) is 3. The van der Waals surface area contributed by atoms with E-state index in [4.69, 9.17) is 4.42 Å². The number of carbonyl (C=O) groups is 2. The summed E-state index contributed by atoms with van der Waals surface area (Å²) in [6.45, 7) is 2.05. The van der Waals surface area contributed by atoms with E-state index in [1.165, 1.54) is 6.92 Å². The fourth-order valence-corrected chi connectivity index (χ4v) is 1.94. The summed E-state index contributed by atoms with van der Waals surface area (Å²) < 4.78 is 5.43. The van der Waals surface area contributed by atoms with Gasteiger partial charge in [-0.1, -0.05) is 18.2 Å². The first-order valence-corrected chi connectivity index (χ1v) is 6.38. The number of ketones is 1. The third-order valence-corrected chi connectivity index (χ3v) is 2.98. The Morgan fingerprint density at radius 2 is 2.00 bits per heavy atom. The molecule has 1 aromatic carbocycles. The summed E-state index contributed by atoms with van der Waals surface area (Å²) in [7, 11) is 0. The molecule has 0 bridgehead atoms. The lowest BCUT2D eigenvalue weighted by Gasteiger charge is -2.03. The Morgan fingerprint density at radius 3 is 2.79 bits per heavy atom. The third kappa shape index (κ3) is 3.68. The zero-order valence-electron chi connectivity index (χ0n) is 10.9. The van der Waals surface area contributed by atoms with Gasteiger partial charge < -0.3 is 14.5 Å². The van der Waals surface area contributed by atoms with Crippen molar-refractivity contribution in [1.82, 2.24) is 5.32 Å². The summed E-state index contributed by atoms with van der Waals surface area (Å²) in [4.78, 5) is 22.2. The molecule has 0 atom stereocenters. The predicted molar refractivity (Wildman–Crippen MR) is 72.8 cm³/mol. The van der Waals surface area contributed by atoms with E-state index in [-0.39, 0.29) is 18.1 Å². The van der Waals surface area contributed by atoms with Crippen LogP contribution in [0.2, 0.25) is 0 Å². The van der Waals surface area contributed by atoms with Crippen LogP contribution in [0.3, 0.4) is 0 Å². The van der Waals surface area contributed by atoms with E-state index in [9.17, 15) is 9.59 Å². The summed E-state index contributed by atoms with van der Waals surface area (Å²) in [5.41, 5.74) is 1.95. The smallest absolute Gasteiger partial charge is 0.220 e. The Labute approximate surface area is 111 Å². The average Bonchev–Trinajstić information content (AvgIpc) is 2.80. The summed E-state index contributed by atoms with van der Waals surface area (Å²) in [6, 6.07) is 7.82. The first kappa shape index (κ1) is 13.3. The van der Waals surface area contributed by atoms with Crippen LogP contribution in [0.5, 0.6) is 0 Å². The monoisotopic (exact) mass is 259 g/mol. The third-order valence-electron chi connectivity index (χ3n) is 2.98. The normalized spacial score (nSPS) is 10.6. The second-order valence-corrected chi connectivity index (χ2v) is 4.56. The van der Waals surface area contributed by atoms with Crippen molar-refractivity contribution in [1.29, 1.82) is 0 Å². The van der Waals surface area contributed by atoms with Crippen LogP contribution >= 0.6 is 0 Å². The molecule has 1 amide bonds. The number of amides is 1. The van der Waals surface area contributed by atoms with E-state index in [0.717, 1.165) is 23.0 Å². The van der Waals surface area contributed by atoms with Crippen molar-refractivity contribution in [3.8, 4) is 0 Å². The van der Waals surface area contributed by atoms with Gasteiger partial charge in [0.1, 0.15) is 11.4 Å². The molecule has 4 heteroatoms. The zero-order valence-corrected chi connectivity index (χ0v) is 10.9. The number of rotatable bonds is 6. The summed E-state index contributed by atoms with van der Waals surface area (Å²) >= 11 is 0. The van der Waals surface area contributed by atoms with E-state index in [1.54, 1.807) is 6.26 Å². The van der Waals surface area contributed by atoms with E-state index in [2.05, 4.69) is 5.32 Å². The standard InChI is InChI=1S/C15H17NO3/c1-11(17)6-7-15(18)16-9-8-12-10-19-14-5-3-2-4-13(12)14/h2-5,10H,6-9H2,1H3,(H,16,18). The highest BCUT2D eigenvalue weighted by Gasteiger charge is 2.06. The van der Waals surface area contributed by atoms with Crippen LogP contribution < -0.4 is 5.32 Å². The highest BCUT2D eigenvalue weighted by Crippen LogP contribution is 2.20. The Balaban J connectivity index is 1.83. The van der Waals surface area contributed by atoms with Gasteiger partial charge in [0.2, 0.25) is 5.91 Å². The van der Waals surface area contributed by atoms with Gasteiger partial charge in [-0.3, -0.25) is 4.79 Å². The van der Waals surface area contributed by atoms with Crippen LogP contribution in [0.1, 0.15) is 25.3 Å². The van der Waals surface area contributed by atoms with Crippen molar-refractivity contribution in [3.05, 3.63) is 36.1 Å². The molecule has 0 aliphatic rings. The number of hydrogen-bond donors (Lipinski definition) is 1. The van der Waals surface area contributed by atoms with Crippen molar-refractivity contribution in [3.63, 3.8) is 0 Å². The molecule has 0 spiro atoms. The van der Waals surface area contributed by atoms with E-state index >= 15 is 0 Å². The number of fused-ring (bicyclic) bond motifs is 1. The number of Topliss-reactive ketones (excluding diaryl/α,β-unsaturated/α-hetero) is 1. The van der Waals surface area contributed by atoms with Gasteiger partial charge in [-0.2, -0.15) is 0 Å². The van der Waals surface area contributed by atoms with Crippen LogP contribution in [0.25, 0.3) is 11.0 Å². The molecule has 2 rings (SSSR count). The molecule has 0 radical (unpaired) electrons. The largest absolute Gasteiger partial charge is 0.464 e. The predicted octanol–water partition coefficient (Wildman–Crippen LogP) is 2.46. The summed E-state index contributed by atoms with van der Waals surface area (Å²) in [5.74, 6) is -0.0426. The second kappa shape index (κ2) is 6.18. The first-order chi connectivity index (χ1) is 9.16. The number of carbonyl (C=O) groups excluding carboxylic acids is 2. The molecule has 0 unspecified atom stereocenters. The van der Waals surface area contributed by atoms with Crippen LogP contribution in [0, 0.1) is 0 Å². The van der Waals surface area contributed by atoms with Crippen molar-refractivity contribution in [2.75, 3.05) is 6.54 Å². The lowest BCUT2D eigenvalue weighted by atomic mass is 10.1. The van der Waals surface area contributed by atoms with Crippen LogP contribution in [0.15, 0.2) is 34.9 Å². The van der Waals surface area contributed by atoms with Crippen molar-refractivity contribution in [2.24, 2.45) is 0 Å². The van der Waals surface area contributed by atoms with Gasteiger partial charge >= 0.3 is 0 Å². The fourth-order valence-electron chi connectivity index (χ4n) is 1.94. The molecule has 0 saturated carbocycles. The topological polar surface area (TPSA) is 59.3 Å². The first-order valence-electron chi connectivity index (χ1n) is 6.38. The molecular weight excluding hydrogens is 242 g/mol. The van der Waals surface area contributed by atoms with Crippen LogP contribution in [-0.4, -0.2) is 18.2 Å². The lowest BCUT2D eigenvalue weighted by Crippen LogP contribution is -2.25. The average molecular weight is 259 g/mol. The Hall–Kier alpha value is -2.10. The van der Waals surface area contributed by atoms with Gasteiger partial charge in [0.05, 0.1) is 6.26 Å². The van der Waals surface area contributed by atoms with E-state index in [0.29, 0.717) is 13.0 Å². The van der Waals surface area contributed by atoms with E-state index in [1.807, 2.05) is 24.3 Å². The molecule has 1 heterocycles. The molecule has 0 aliphatic heterocycles. The molecule has 1 aromatic heterocycles.